The molecule has 2 aromatic rings. The fourth-order valence-electron chi connectivity index (χ4n) is 2.28. The fourth-order valence-corrected chi connectivity index (χ4v) is 2.28. The lowest BCUT2D eigenvalue weighted by Gasteiger charge is -2.20. The molecule has 1 saturated heterocycles. The zero-order valence-corrected chi connectivity index (χ0v) is 8.96. The van der Waals surface area contributed by atoms with Crippen molar-refractivity contribution in [1.29, 1.82) is 0 Å². The largest absolute Gasteiger partial charge is 0.342 e. The van der Waals surface area contributed by atoms with Gasteiger partial charge in [0.25, 0.3) is 0 Å². The van der Waals surface area contributed by atoms with E-state index in [1.807, 2.05) is 0 Å². The van der Waals surface area contributed by atoms with Crippen molar-refractivity contribution >= 4 is 11.0 Å². The molecule has 1 aliphatic rings. The van der Waals surface area contributed by atoms with Crippen molar-refractivity contribution in [1.82, 2.24) is 15.3 Å². The molecule has 0 unspecified atom stereocenters. The van der Waals surface area contributed by atoms with Gasteiger partial charge in [0, 0.05) is 12.5 Å². The Bertz CT molecular complexity index is 500. The highest BCUT2D eigenvalue weighted by Gasteiger charge is 2.18. The Labute approximate surface area is 93.1 Å². The second-order valence-electron chi connectivity index (χ2n) is 4.33. The Morgan fingerprint density at radius 1 is 1.38 bits per heavy atom. The van der Waals surface area contributed by atoms with E-state index in [-0.39, 0.29) is 5.82 Å². The Morgan fingerprint density at radius 3 is 3.12 bits per heavy atom. The Morgan fingerprint density at radius 2 is 2.31 bits per heavy atom. The number of aromatic amines is 1. The molecule has 3 rings (SSSR count). The third-order valence-electron chi connectivity index (χ3n) is 3.15. The summed E-state index contributed by atoms with van der Waals surface area (Å²) in [5.41, 5.74) is 1.64. The van der Waals surface area contributed by atoms with Crippen LogP contribution in [0.1, 0.15) is 24.6 Å². The van der Waals surface area contributed by atoms with Gasteiger partial charge in [-0.3, -0.25) is 0 Å². The van der Waals surface area contributed by atoms with Gasteiger partial charge in [-0.2, -0.15) is 0 Å². The molecule has 2 N–H and O–H groups in total. The van der Waals surface area contributed by atoms with Crippen LogP contribution >= 0.6 is 0 Å². The maximum Gasteiger partial charge on any atom is 0.125 e. The molecule has 2 heterocycles. The Balaban J connectivity index is 1.97. The van der Waals surface area contributed by atoms with E-state index in [2.05, 4.69) is 15.3 Å². The average molecular weight is 219 g/mol. The van der Waals surface area contributed by atoms with E-state index in [0.29, 0.717) is 5.92 Å². The molecular formula is C12H14FN3. The topological polar surface area (TPSA) is 40.7 Å². The Kier molecular flexibility index (Phi) is 2.36. The van der Waals surface area contributed by atoms with Crippen molar-refractivity contribution in [3.63, 3.8) is 0 Å². The molecular weight excluding hydrogens is 205 g/mol. The van der Waals surface area contributed by atoms with Crippen molar-refractivity contribution in [2.45, 2.75) is 18.8 Å². The molecule has 0 radical (unpaired) electrons. The van der Waals surface area contributed by atoms with Crippen molar-refractivity contribution in [3.8, 4) is 0 Å². The number of aromatic nitrogens is 2. The third-order valence-corrected chi connectivity index (χ3v) is 3.15. The second kappa shape index (κ2) is 3.87. The van der Waals surface area contributed by atoms with E-state index in [1.54, 1.807) is 6.07 Å². The van der Waals surface area contributed by atoms with Crippen LogP contribution in [0, 0.1) is 5.82 Å². The van der Waals surface area contributed by atoms with Gasteiger partial charge in [0.15, 0.2) is 0 Å². The van der Waals surface area contributed by atoms with Gasteiger partial charge in [0.2, 0.25) is 0 Å². The molecule has 0 saturated carbocycles. The van der Waals surface area contributed by atoms with Crippen LogP contribution in [0.2, 0.25) is 0 Å². The van der Waals surface area contributed by atoms with E-state index in [4.69, 9.17) is 0 Å². The third kappa shape index (κ3) is 1.69. The van der Waals surface area contributed by atoms with Crippen molar-refractivity contribution < 1.29 is 4.39 Å². The summed E-state index contributed by atoms with van der Waals surface area (Å²) in [7, 11) is 0. The minimum Gasteiger partial charge on any atom is -0.342 e. The number of rotatable bonds is 1. The molecule has 1 aromatic carbocycles. The lowest BCUT2D eigenvalue weighted by molar-refractivity contribution is 0.449. The summed E-state index contributed by atoms with van der Waals surface area (Å²) in [6.45, 7) is 2.05. The van der Waals surface area contributed by atoms with Gasteiger partial charge >= 0.3 is 0 Å². The molecule has 3 nitrogen and oxygen atoms in total. The number of piperidine rings is 1. The van der Waals surface area contributed by atoms with Crippen molar-refractivity contribution in [2.24, 2.45) is 0 Å². The van der Waals surface area contributed by atoms with Gasteiger partial charge in [-0.1, -0.05) is 0 Å². The van der Waals surface area contributed by atoms with Crippen LogP contribution in [0.3, 0.4) is 0 Å². The zero-order valence-electron chi connectivity index (χ0n) is 8.96. The smallest absolute Gasteiger partial charge is 0.125 e. The maximum atomic E-state index is 13.0. The van der Waals surface area contributed by atoms with Crippen LogP contribution in [-0.4, -0.2) is 23.1 Å². The van der Waals surface area contributed by atoms with Gasteiger partial charge in [0.1, 0.15) is 11.6 Å². The molecule has 84 valence electrons. The molecule has 1 aromatic heterocycles. The summed E-state index contributed by atoms with van der Waals surface area (Å²) in [5, 5.41) is 3.35. The predicted octanol–water partition coefficient (Wildman–Crippen LogP) is 2.17. The molecule has 4 heteroatoms. The first-order chi connectivity index (χ1) is 7.83. The van der Waals surface area contributed by atoms with Crippen LogP contribution in [0.4, 0.5) is 4.39 Å². The lowest BCUT2D eigenvalue weighted by Crippen LogP contribution is -2.28. The minimum absolute atomic E-state index is 0.218. The second-order valence-corrected chi connectivity index (χ2v) is 4.33. The molecule has 0 spiro atoms. The monoisotopic (exact) mass is 219 g/mol. The van der Waals surface area contributed by atoms with Crippen LogP contribution in [0.25, 0.3) is 11.0 Å². The molecule has 0 aliphatic carbocycles. The van der Waals surface area contributed by atoms with E-state index >= 15 is 0 Å². The molecule has 0 bridgehead atoms. The number of nitrogens with one attached hydrogen (secondary N) is 2. The SMILES string of the molecule is Fc1ccc2nc([C@@H]3CCCNC3)[nH]c2c1. The number of nitrogens with zero attached hydrogens (tertiary/aromatic N) is 1. The molecule has 1 atom stereocenters. The van der Waals surface area contributed by atoms with Crippen LogP contribution in [0.15, 0.2) is 18.2 Å². The number of benzene rings is 1. The predicted molar refractivity (Wildman–Crippen MR) is 60.9 cm³/mol. The number of H-pyrrole nitrogens is 1. The van der Waals surface area contributed by atoms with Gasteiger partial charge < -0.3 is 10.3 Å². The quantitative estimate of drug-likeness (QED) is 0.771. The van der Waals surface area contributed by atoms with Crippen LogP contribution in [0.5, 0.6) is 0 Å². The average Bonchev–Trinajstić information content (AvgIpc) is 2.73. The van der Waals surface area contributed by atoms with Crippen molar-refractivity contribution in [3.05, 3.63) is 29.8 Å². The van der Waals surface area contributed by atoms with Gasteiger partial charge in [-0.25, -0.2) is 9.37 Å². The maximum absolute atomic E-state index is 13.0. The van der Waals surface area contributed by atoms with E-state index in [1.165, 1.54) is 18.6 Å². The normalized spacial score (nSPS) is 21.4. The summed E-state index contributed by atoms with van der Waals surface area (Å²) in [5.74, 6) is 1.20. The fraction of sp³-hybridized carbons (Fsp3) is 0.417. The van der Waals surface area contributed by atoms with Crippen LogP contribution < -0.4 is 5.32 Å². The first-order valence-corrected chi connectivity index (χ1v) is 5.69. The molecule has 1 fully saturated rings. The molecule has 1 aliphatic heterocycles. The highest BCUT2D eigenvalue weighted by atomic mass is 19.1. The van der Waals surface area contributed by atoms with E-state index < -0.39 is 0 Å². The molecule has 16 heavy (non-hydrogen) atoms. The summed E-state index contributed by atoms with van der Waals surface area (Å²) in [6, 6.07) is 4.68. The standard InChI is InChI=1S/C12H14FN3/c13-9-3-4-10-11(6-9)16-12(15-10)8-2-1-5-14-7-8/h3-4,6,8,14H,1-2,5,7H2,(H,15,16)/t8-/m1/s1. The van der Waals surface area contributed by atoms with Crippen molar-refractivity contribution in [2.75, 3.05) is 13.1 Å². The van der Waals surface area contributed by atoms with Gasteiger partial charge in [0.05, 0.1) is 11.0 Å². The summed E-state index contributed by atoms with van der Waals surface area (Å²) in [6.07, 6.45) is 2.32. The minimum atomic E-state index is -0.218. The Hall–Kier alpha value is -1.42. The first-order valence-electron chi connectivity index (χ1n) is 5.69. The number of halogens is 1. The summed E-state index contributed by atoms with van der Waals surface area (Å²) < 4.78 is 13.0. The lowest BCUT2D eigenvalue weighted by atomic mass is 9.99. The summed E-state index contributed by atoms with van der Waals surface area (Å²) in [4.78, 5) is 7.73. The highest BCUT2D eigenvalue weighted by molar-refractivity contribution is 5.75. The number of imidazole rings is 1. The van der Waals surface area contributed by atoms with Gasteiger partial charge in [-0.15, -0.1) is 0 Å². The zero-order chi connectivity index (χ0) is 11.0. The van der Waals surface area contributed by atoms with Gasteiger partial charge in [-0.05, 0) is 37.6 Å². The number of hydrogen-bond donors (Lipinski definition) is 2. The first kappa shape index (κ1) is 9.78. The van der Waals surface area contributed by atoms with Crippen LogP contribution in [-0.2, 0) is 0 Å². The molecule has 0 amide bonds. The number of hydrogen-bond acceptors (Lipinski definition) is 2. The van der Waals surface area contributed by atoms with E-state index in [0.717, 1.165) is 36.4 Å². The number of fused-ring (bicyclic) bond motifs is 1. The van der Waals surface area contributed by atoms with E-state index in [9.17, 15) is 4.39 Å². The summed E-state index contributed by atoms with van der Waals surface area (Å²) >= 11 is 0. The highest BCUT2D eigenvalue weighted by Crippen LogP contribution is 2.23.